The van der Waals surface area contributed by atoms with Crippen LogP contribution < -0.4 is 5.73 Å². The minimum absolute atomic E-state index is 0. The summed E-state index contributed by atoms with van der Waals surface area (Å²) in [5.74, 6) is 0. The quantitative estimate of drug-likeness (QED) is 0.637. The monoisotopic (exact) mass is 338 g/mol. The summed E-state index contributed by atoms with van der Waals surface area (Å²) in [6.45, 7) is 1.94. The Labute approximate surface area is 120 Å². The van der Waals surface area contributed by atoms with Crippen molar-refractivity contribution in [3.8, 4) is 0 Å². The highest BCUT2D eigenvalue weighted by Crippen LogP contribution is 2.29. The Balaban J connectivity index is 0.00000289. The lowest BCUT2D eigenvalue weighted by Gasteiger charge is -2.18. The zero-order valence-corrected chi connectivity index (χ0v) is 12.3. The van der Waals surface area contributed by atoms with Crippen molar-refractivity contribution in [2.45, 2.75) is 31.9 Å². The summed E-state index contributed by atoms with van der Waals surface area (Å²) >= 11 is 3.10. The Morgan fingerprint density at radius 2 is 2.17 bits per heavy atom. The van der Waals surface area contributed by atoms with Crippen LogP contribution in [0.25, 0.3) is 0 Å². The molecule has 5 nitrogen and oxygen atoms in total. The number of halogens is 2. The topological polar surface area (TPSA) is 89.4 Å². The average Bonchev–Trinajstić information content (AvgIpc) is 2.28. The number of hydrogen-bond donors (Lipinski definition) is 2. The van der Waals surface area contributed by atoms with E-state index in [1.165, 1.54) is 6.07 Å². The van der Waals surface area contributed by atoms with Crippen molar-refractivity contribution in [1.29, 1.82) is 0 Å². The van der Waals surface area contributed by atoms with Crippen LogP contribution in [0.5, 0.6) is 0 Å². The fraction of sp³-hybridized carbons (Fsp3) is 0.455. The van der Waals surface area contributed by atoms with Crippen LogP contribution in [0.4, 0.5) is 5.69 Å². The highest BCUT2D eigenvalue weighted by atomic mass is 79.9. The number of nitrogens with two attached hydrogens (primary N) is 1. The van der Waals surface area contributed by atoms with E-state index in [1.807, 2.05) is 6.92 Å². The second-order valence-electron chi connectivity index (χ2n) is 3.85. The normalized spacial score (nSPS) is 13.6. The van der Waals surface area contributed by atoms with Gasteiger partial charge in [0.05, 0.1) is 21.5 Å². The van der Waals surface area contributed by atoms with Gasteiger partial charge in [-0.2, -0.15) is 0 Å². The zero-order valence-electron chi connectivity index (χ0n) is 9.88. The van der Waals surface area contributed by atoms with Crippen LogP contribution in [0.1, 0.15) is 31.4 Å². The summed E-state index contributed by atoms with van der Waals surface area (Å²) in [6.07, 6.45) is 0.708. The third-order valence-electron chi connectivity index (χ3n) is 2.55. The molecule has 0 radical (unpaired) electrons. The molecule has 1 aromatic rings. The van der Waals surface area contributed by atoms with E-state index in [9.17, 15) is 15.2 Å². The van der Waals surface area contributed by atoms with Crippen molar-refractivity contribution in [2.75, 3.05) is 0 Å². The van der Waals surface area contributed by atoms with E-state index in [0.717, 1.165) is 6.42 Å². The van der Waals surface area contributed by atoms with Crippen LogP contribution in [0.3, 0.4) is 0 Å². The van der Waals surface area contributed by atoms with Crippen molar-refractivity contribution < 1.29 is 10.0 Å². The maximum atomic E-state index is 10.8. The van der Waals surface area contributed by atoms with E-state index >= 15 is 0 Å². The molecule has 0 aliphatic rings. The molecule has 1 aromatic carbocycles. The average molecular weight is 340 g/mol. The molecule has 0 saturated carbocycles. The van der Waals surface area contributed by atoms with Gasteiger partial charge in [-0.1, -0.05) is 19.4 Å². The zero-order chi connectivity index (χ0) is 13.0. The first-order valence-corrected chi connectivity index (χ1v) is 6.14. The third kappa shape index (κ3) is 4.20. The number of nitrogens with zero attached hydrogens (tertiary/aromatic N) is 1. The van der Waals surface area contributed by atoms with Crippen molar-refractivity contribution >= 4 is 34.0 Å². The molecule has 1 rings (SSSR count). The molecule has 0 heterocycles. The van der Waals surface area contributed by atoms with Crippen molar-refractivity contribution in [1.82, 2.24) is 0 Å². The Morgan fingerprint density at radius 1 is 1.56 bits per heavy atom. The summed E-state index contributed by atoms with van der Waals surface area (Å²) < 4.78 is 0.406. The van der Waals surface area contributed by atoms with E-state index in [-0.39, 0.29) is 18.1 Å². The fourth-order valence-corrected chi connectivity index (χ4v) is 1.97. The lowest BCUT2D eigenvalue weighted by Crippen LogP contribution is -2.26. The van der Waals surface area contributed by atoms with Gasteiger partial charge in [-0.3, -0.25) is 10.1 Å². The van der Waals surface area contributed by atoms with E-state index in [4.69, 9.17) is 5.73 Å². The SMILES string of the molecule is CCC[C@H](O)[C@H](N)c1ccc(Br)c([N+](=O)[O-])c1.Cl. The fourth-order valence-electron chi connectivity index (χ4n) is 1.57. The van der Waals surface area contributed by atoms with Crippen LogP contribution in [0, 0.1) is 10.1 Å². The first kappa shape index (κ1) is 17.3. The Bertz CT molecular complexity index is 417. The molecule has 0 fully saturated rings. The molecule has 0 aliphatic heterocycles. The van der Waals surface area contributed by atoms with Gasteiger partial charge in [-0.25, -0.2) is 0 Å². The van der Waals surface area contributed by atoms with Gasteiger partial charge in [-0.15, -0.1) is 12.4 Å². The van der Waals surface area contributed by atoms with Crippen molar-refractivity contribution in [2.24, 2.45) is 5.73 Å². The summed E-state index contributed by atoms with van der Waals surface area (Å²) in [6, 6.07) is 4.06. The van der Waals surface area contributed by atoms with Gasteiger partial charge in [0.1, 0.15) is 0 Å². The van der Waals surface area contributed by atoms with Gasteiger partial charge >= 0.3 is 0 Å². The summed E-state index contributed by atoms with van der Waals surface area (Å²) in [4.78, 5) is 10.3. The standard InChI is InChI=1S/C11H15BrN2O3.ClH/c1-2-3-10(15)11(13)7-4-5-8(12)9(6-7)14(16)17;/h4-6,10-11,15H,2-3,13H2,1H3;1H/t10-,11+;/m0./s1. The molecular weight excluding hydrogens is 323 g/mol. The van der Waals surface area contributed by atoms with Crippen LogP contribution in [0.2, 0.25) is 0 Å². The smallest absolute Gasteiger partial charge is 0.283 e. The van der Waals surface area contributed by atoms with Gasteiger partial charge in [0, 0.05) is 6.07 Å². The highest BCUT2D eigenvalue weighted by Gasteiger charge is 2.20. The number of rotatable bonds is 5. The van der Waals surface area contributed by atoms with Crippen molar-refractivity contribution in [3.63, 3.8) is 0 Å². The molecule has 0 aliphatic carbocycles. The number of hydrogen-bond acceptors (Lipinski definition) is 4. The van der Waals surface area contributed by atoms with Crippen LogP contribution in [0.15, 0.2) is 22.7 Å². The lowest BCUT2D eigenvalue weighted by molar-refractivity contribution is -0.385. The number of nitro benzene ring substituents is 1. The molecule has 0 amide bonds. The maximum Gasteiger partial charge on any atom is 0.283 e. The predicted molar refractivity (Wildman–Crippen MR) is 75.9 cm³/mol. The molecule has 18 heavy (non-hydrogen) atoms. The molecule has 0 bridgehead atoms. The Kier molecular flexibility index (Phi) is 7.39. The van der Waals surface area contributed by atoms with Gasteiger partial charge in [0.25, 0.3) is 5.69 Å². The second kappa shape index (κ2) is 7.68. The van der Waals surface area contributed by atoms with Gasteiger partial charge < -0.3 is 10.8 Å². The summed E-state index contributed by atoms with van der Waals surface area (Å²) in [7, 11) is 0. The van der Waals surface area contributed by atoms with Gasteiger partial charge in [0.2, 0.25) is 0 Å². The second-order valence-corrected chi connectivity index (χ2v) is 4.70. The molecule has 0 unspecified atom stereocenters. The van der Waals surface area contributed by atoms with E-state index in [2.05, 4.69) is 15.9 Å². The number of nitro groups is 1. The van der Waals surface area contributed by atoms with Crippen LogP contribution >= 0.6 is 28.3 Å². The first-order valence-electron chi connectivity index (χ1n) is 5.34. The van der Waals surface area contributed by atoms with Crippen LogP contribution in [-0.2, 0) is 0 Å². The molecule has 7 heteroatoms. The number of aliphatic hydroxyl groups excluding tert-OH is 1. The van der Waals surface area contributed by atoms with Crippen LogP contribution in [-0.4, -0.2) is 16.1 Å². The van der Waals surface area contributed by atoms with E-state index < -0.39 is 17.1 Å². The van der Waals surface area contributed by atoms with E-state index in [0.29, 0.717) is 16.5 Å². The molecule has 0 spiro atoms. The highest BCUT2D eigenvalue weighted by molar-refractivity contribution is 9.10. The molecule has 102 valence electrons. The molecular formula is C11H16BrClN2O3. The minimum atomic E-state index is -0.680. The summed E-state index contributed by atoms with van der Waals surface area (Å²) in [5.41, 5.74) is 6.39. The molecule has 2 atom stereocenters. The number of aliphatic hydroxyl groups is 1. The molecule has 0 saturated heterocycles. The van der Waals surface area contributed by atoms with Gasteiger partial charge in [-0.05, 0) is 34.0 Å². The summed E-state index contributed by atoms with van der Waals surface area (Å²) in [5, 5.41) is 20.5. The van der Waals surface area contributed by atoms with Gasteiger partial charge in [0.15, 0.2) is 0 Å². The Morgan fingerprint density at radius 3 is 2.67 bits per heavy atom. The molecule has 0 aromatic heterocycles. The largest absolute Gasteiger partial charge is 0.391 e. The Hall–Kier alpha value is -0.690. The lowest BCUT2D eigenvalue weighted by atomic mass is 9.99. The molecule has 3 N–H and O–H groups in total. The minimum Gasteiger partial charge on any atom is -0.391 e. The maximum absolute atomic E-state index is 10.8. The van der Waals surface area contributed by atoms with E-state index in [1.54, 1.807) is 12.1 Å². The first-order chi connectivity index (χ1) is 7.97. The van der Waals surface area contributed by atoms with Crippen molar-refractivity contribution in [3.05, 3.63) is 38.3 Å². The third-order valence-corrected chi connectivity index (χ3v) is 3.22. The predicted octanol–water partition coefficient (Wildman–Crippen LogP) is 2.94. The number of benzene rings is 1.